The molecule has 0 saturated carbocycles. The van der Waals surface area contributed by atoms with Gasteiger partial charge in [-0.25, -0.2) is 9.97 Å². The van der Waals surface area contributed by atoms with Gasteiger partial charge in [-0.3, -0.25) is 0 Å². The van der Waals surface area contributed by atoms with Gasteiger partial charge in [0.1, 0.15) is 17.5 Å². The quantitative estimate of drug-likeness (QED) is 0.815. The molecule has 19 heavy (non-hydrogen) atoms. The SMILES string of the molecule is CNc1cc(N(C)CCC2CNCCO2)nc(C)n1. The van der Waals surface area contributed by atoms with Gasteiger partial charge in [0.05, 0.1) is 12.7 Å². The molecule has 1 aromatic heterocycles. The first-order valence-electron chi connectivity index (χ1n) is 6.76. The first-order chi connectivity index (χ1) is 9.19. The summed E-state index contributed by atoms with van der Waals surface area (Å²) in [6.07, 6.45) is 1.31. The lowest BCUT2D eigenvalue weighted by molar-refractivity contribution is 0.0250. The van der Waals surface area contributed by atoms with E-state index in [1.165, 1.54) is 0 Å². The largest absolute Gasteiger partial charge is 0.376 e. The molecule has 1 saturated heterocycles. The van der Waals surface area contributed by atoms with Gasteiger partial charge >= 0.3 is 0 Å². The molecule has 106 valence electrons. The first kappa shape index (κ1) is 14.0. The summed E-state index contributed by atoms with van der Waals surface area (Å²) in [5, 5.41) is 6.40. The fourth-order valence-electron chi connectivity index (χ4n) is 2.13. The summed E-state index contributed by atoms with van der Waals surface area (Å²) < 4.78 is 5.70. The fraction of sp³-hybridized carbons (Fsp3) is 0.692. The van der Waals surface area contributed by atoms with Gasteiger partial charge in [-0.05, 0) is 13.3 Å². The average molecular weight is 265 g/mol. The summed E-state index contributed by atoms with van der Waals surface area (Å²) in [4.78, 5) is 10.9. The monoisotopic (exact) mass is 265 g/mol. The highest BCUT2D eigenvalue weighted by molar-refractivity contribution is 5.48. The molecule has 1 aliphatic rings. The van der Waals surface area contributed by atoms with Crippen LogP contribution in [0.1, 0.15) is 12.2 Å². The molecule has 0 aromatic carbocycles. The lowest BCUT2D eigenvalue weighted by Gasteiger charge is -2.26. The zero-order valence-electron chi connectivity index (χ0n) is 11.9. The summed E-state index contributed by atoms with van der Waals surface area (Å²) in [6, 6.07) is 1.97. The molecule has 1 unspecified atom stereocenters. The Kier molecular flexibility index (Phi) is 4.93. The van der Waals surface area contributed by atoms with E-state index in [2.05, 4.69) is 32.5 Å². The summed E-state index contributed by atoms with van der Waals surface area (Å²) in [5.74, 6) is 2.58. The molecule has 1 fully saturated rings. The summed E-state index contributed by atoms with van der Waals surface area (Å²) in [7, 11) is 3.92. The van der Waals surface area contributed by atoms with E-state index < -0.39 is 0 Å². The van der Waals surface area contributed by atoms with Gasteiger partial charge in [-0.15, -0.1) is 0 Å². The Morgan fingerprint density at radius 1 is 1.53 bits per heavy atom. The van der Waals surface area contributed by atoms with Crippen LogP contribution in [-0.2, 0) is 4.74 Å². The third kappa shape index (κ3) is 4.04. The van der Waals surface area contributed by atoms with Crippen LogP contribution in [0, 0.1) is 6.92 Å². The van der Waals surface area contributed by atoms with E-state index in [1.807, 2.05) is 20.0 Å². The Hall–Kier alpha value is -1.40. The topological polar surface area (TPSA) is 62.3 Å². The molecule has 0 amide bonds. The molecule has 2 heterocycles. The van der Waals surface area contributed by atoms with Crippen LogP contribution >= 0.6 is 0 Å². The lowest BCUT2D eigenvalue weighted by Crippen LogP contribution is -2.40. The van der Waals surface area contributed by atoms with Crippen LogP contribution in [0.5, 0.6) is 0 Å². The van der Waals surface area contributed by atoms with Crippen molar-refractivity contribution in [3.8, 4) is 0 Å². The van der Waals surface area contributed by atoms with Gasteiger partial charge in [0, 0.05) is 39.8 Å². The van der Waals surface area contributed by atoms with Crippen LogP contribution < -0.4 is 15.5 Å². The van der Waals surface area contributed by atoms with E-state index >= 15 is 0 Å². The van der Waals surface area contributed by atoms with Crippen LogP contribution in [0.2, 0.25) is 0 Å². The van der Waals surface area contributed by atoms with Gasteiger partial charge in [0.25, 0.3) is 0 Å². The molecular weight excluding hydrogens is 242 g/mol. The fourth-order valence-corrected chi connectivity index (χ4v) is 2.13. The van der Waals surface area contributed by atoms with Crippen molar-refractivity contribution in [3.05, 3.63) is 11.9 Å². The average Bonchev–Trinajstić information content (AvgIpc) is 2.45. The number of anilines is 2. The molecule has 1 aromatic rings. The Morgan fingerprint density at radius 2 is 2.37 bits per heavy atom. The highest BCUT2D eigenvalue weighted by Gasteiger charge is 2.14. The van der Waals surface area contributed by atoms with Crippen LogP contribution in [0.25, 0.3) is 0 Å². The van der Waals surface area contributed by atoms with Crippen molar-refractivity contribution in [1.82, 2.24) is 15.3 Å². The van der Waals surface area contributed by atoms with Crippen LogP contribution in [0.4, 0.5) is 11.6 Å². The van der Waals surface area contributed by atoms with E-state index in [0.29, 0.717) is 6.10 Å². The summed E-state index contributed by atoms with van der Waals surface area (Å²) >= 11 is 0. The highest BCUT2D eigenvalue weighted by Crippen LogP contribution is 2.15. The van der Waals surface area contributed by atoms with E-state index in [1.54, 1.807) is 0 Å². The van der Waals surface area contributed by atoms with Gasteiger partial charge in [0.2, 0.25) is 0 Å². The van der Waals surface area contributed by atoms with Crippen molar-refractivity contribution < 1.29 is 4.74 Å². The van der Waals surface area contributed by atoms with Crippen molar-refractivity contribution in [2.75, 3.05) is 50.6 Å². The third-order valence-electron chi connectivity index (χ3n) is 3.26. The highest BCUT2D eigenvalue weighted by atomic mass is 16.5. The molecule has 6 heteroatoms. The second-order valence-corrected chi connectivity index (χ2v) is 4.82. The number of aromatic nitrogens is 2. The van der Waals surface area contributed by atoms with Crippen molar-refractivity contribution in [3.63, 3.8) is 0 Å². The first-order valence-corrected chi connectivity index (χ1v) is 6.76. The smallest absolute Gasteiger partial charge is 0.134 e. The number of rotatable bonds is 5. The predicted molar refractivity (Wildman–Crippen MR) is 76.8 cm³/mol. The summed E-state index contributed by atoms with van der Waals surface area (Å²) in [5.41, 5.74) is 0. The summed E-state index contributed by atoms with van der Waals surface area (Å²) in [6.45, 7) is 5.55. The molecule has 1 atom stereocenters. The van der Waals surface area contributed by atoms with Crippen molar-refractivity contribution >= 4 is 11.6 Å². The molecule has 2 rings (SSSR count). The number of nitrogens with zero attached hydrogens (tertiary/aromatic N) is 3. The maximum Gasteiger partial charge on any atom is 0.134 e. The number of aryl methyl sites for hydroxylation is 1. The molecule has 0 spiro atoms. The molecule has 6 nitrogen and oxygen atoms in total. The van der Waals surface area contributed by atoms with Crippen LogP contribution in [0.3, 0.4) is 0 Å². The predicted octanol–water partition coefficient (Wildman–Crippen LogP) is 0.641. The van der Waals surface area contributed by atoms with Gasteiger partial charge in [0.15, 0.2) is 0 Å². The second kappa shape index (κ2) is 6.68. The normalized spacial score (nSPS) is 19.2. The minimum Gasteiger partial charge on any atom is -0.376 e. The van der Waals surface area contributed by atoms with E-state index in [4.69, 9.17) is 4.74 Å². The molecule has 0 bridgehead atoms. The third-order valence-corrected chi connectivity index (χ3v) is 3.26. The second-order valence-electron chi connectivity index (χ2n) is 4.82. The maximum atomic E-state index is 5.70. The minimum absolute atomic E-state index is 0.308. The Labute approximate surface area is 114 Å². The molecule has 0 aliphatic carbocycles. The zero-order valence-corrected chi connectivity index (χ0v) is 11.9. The van der Waals surface area contributed by atoms with Gasteiger partial charge in [-0.1, -0.05) is 0 Å². The molecule has 2 N–H and O–H groups in total. The van der Waals surface area contributed by atoms with Crippen molar-refractivity contribution in [2.24, 2.45) is 0 Å². The van der Waals surface area contributed by atoms with Gasteiger partial charge < -0.3 is 20.3 Å². The van der Waals surface area contributed by atoms with Crippen LogP contribution in [0.15, 0.2) is 6.07 Å². The Bertz CT molecular complexity index is 406. The minimum atomic E-state index is 0.308. The standard InChI is InChI=1S/C13H23N5O/c1-10-16-12(14-2)8-13(17-10)18(3)6-4-11-9-15-5-7-19-11/h8,11,15H,4-7,9H2,1-3H3,(H,14,16,17). The van der Waals surface area contributed by atoms with Crippen molar-refractivity contribution in [1.29, 1.82) is 0 Å². The molecular formula is C13H23N5O. The van der Waals surface area contributed by atoms with Crippen LogP contribution in [-0.4, -0.2) is 56.4 Å². The number of nitrogens with one attached hydrogen (secondary N) is 2. The molecule has 0 radical (unpaired) electrons. The number of ether oxygens (including phenoxy) is 1. The van der Waals surface area contributed by atoms with E-state index in [0.717, 1.165) is 50.1 Å². The number of morpholine rings is 1. The number of hydrogen-bond acceptors (Lipinski definition) is 6. The number of hydrogen-bond donors (Lipinski definition) is 2. The van der Waals surface area contributed by atoms with Crippen molar-refractivity contribution in [2.45, 2.75) is 19.4 Å². The Balaban J connectivity index is 1.91. The Morgan fingerprint density at radius 3 is 3.05 bits per heavy atom. The van der Waals surface area contributed by atoms with E-state index in [9.17, 15) is 0 Å². The molecule has 1 aliphatic heterocycles. The van der Waals surface area contributed by atoms with E-state index in [-0.39, 0.29) is 0 Å². The lowest BCUT2D eigenvalue weighted by atomic mass is 10.2. The van der Waals surface area contributed by atoms with Gasteiger partial charge in [-0.2, -0.15) is 0 Å². The maximum absolute atomic E-state index is 5.70. The zero-order chi connectivity index (χ0) is 13.7.